The number of piperidine rings is 1. The number of aromatic nitrogens is 5. The molecule has 15 heteroatoms. The fraction of sp³-hybridized carbons (Fsp3) is 0.318. The fourth-order valence-corrected chi connectivity index (χ4v) is 4.71. The Kier molecular flexibility index (Phi) is 6.17. The molecule has 1 aliphatic heterocycles. The molecular weight excluding hydrogens is 518 g/mol. The normalized spacial score (nSPS) is 15.3. The maximum Gasteiger partial charge on any atom is 0.419 e. The summed E-state index contributed by atoms with van der Waals surface area (Å²) < 4.78 is 81.6. The van der Waals surface area contributed by atoms with Crippen LogP contribution in [-0.2, 0) is 16.0 Å². The molecular formula is C22H19F4N7O3S. The Morgan fingerprint density at radius 1 is 1.08 bits per heavy atom. The molecule has 1 N–H and O–H groups in total. The third-order valence-corrected chi connectivity index (χ3v) is 7.14. The van der Waals surface area contributed by atoms with Gasteiger partial charge in [0.2, 0.25) is 11.5 Å². The van der Waals surface area contributed by atoms with E-state index < -0.39 is 27.4 Å². The Labute approximate surface area is 207 Å². The molecule has 10 nitrogen and oxygen atoms in total. The van der Waals surface area contributed by atoms with Crippen molar-refractivity contribution in [2.24, 2.45) is 0 Å². The van der Waals surface area contributed by atoms with Crippen LogP contribution in [0.4, 0.5) is 35.0 Å². The molecule has 1 aromatic carbocycles. The average Bonchev–Trinajstić information content (AvgIpc) is 3.29. The number of anilines is 3. The highest BCUT2D eigenvalue weighted by atomic mass is 32.2. The number of nitrogens with one attached hydrogen (secondary N) is 1. The zero-order valence-electron chi connectivity index (χ0n) is 19.2. The number of sulfone groups is 1. The summed E-state index contributed by atoms with van der Waals surface area (Å²) in [6, 6.07) is 3.48. The zero-order chi connectivity index (χ0) is 26.4. The van der Waals surface area contributed by atoms with E-state index in [1.165, 1.54) is 18.5 Å². The van der Waals surface area contributed by atoms with Crippen molar-refractivity contribution in [3.63, 3.8) is 0 Å². The Morgan fingerprint density at radius 3 is 2.41 bits per heavy atom. The molecule has 1 saturated heterocycles. The predicted molar refractivity (Wildman–Crippen MR) is 124 cm³/mol. The molecule has 0 saturated carbocycles. The van der Waals surface area contributed by atoms with Crippen molar-refractivity contribution in [1.29, 1.82) is 0 Å². The van der Waals surface area contributed by atoms with Crippen LogP contribution >= 0.6 is 0 Å². The van der Waals surface area contributed by atoms with Crippen LogP contribution in [0, 0.1) is 5.82 Å². The molecule has 0 aliphatic carbocycles. The molecule has 37 heavy (non-hydrogen) atoms. The van der Waals surface area contributed by atoms with Crippen LogP contribution in [0.1, 0.15) is 30.0 Å². The highest BCUT2D eigenvalue weighted by Gasteiger charge is 2.32. The standard InChI is InChI=1S/C22H19F4N7O3S/c1-37(34,35)14-2-3-16(15(23)8-14)31-20-19-18(29-11-30-20)17(32-36-19)12-4-6-33(7-5-12)21-27-9-13(10-28-21)22(24,25)26/h2-3,8-12H,4-7H2,1H3,(H,29,30,31). The van der Waals surface area contributed by atoms with Crippen molar-refractivity contribution in [3.8, 4) is 0 Å². The van der Waals surface area contributed by atoms with Crippen molar-refractivity contribution in [2.45, 2.75) is 29.8 Å². The van der Waals surface area contributed by atoms with E-state index in [1.54, 1.807) is 4.90 Å². The summed E-state index contributed by atoms with van der Waals surface area (Å²) in [4.78, 5) is 17.7. The number of halogens is 4. The molecule has 1 fully saturated rings. The van der Waals surface area contributed by atoms with Crippen LogP contribution in [0.25, 0.3) is 11.1 Å². The van der Waals surface area contributed by atoms with Crippen molar-refractivity contribution in [3.05, 3.63) is 54.0 Å². The van der Waals surface area contributed by atoms with Gasteiger partial charge >= 0.3 is 6.18 Å². The summed E-state index contributed by atoms with van der Waals surface area (Å²) in [5, 5.41) is 6.96. The number of alkyl halides is 3. The number of rotatable bonds is 5. The van der Waals surface area contributed by atoms with Gasteiger partial charge in [0.05, 0.1) is 16.1 Å². The zero-order valence-corrected chi connectivity index (χ0v) is 20.0. The van der Waals surface area contributed by atoms with Gasteiger partial charge in [-0.2, -0.15) is 13.2 Å². The molecule has 0 bridgehead atoms. The maximum absolute atomic E-state index is 14.5. The summed E-state index contributed by atoms with van der Waals surface area (Å²) in [6.45, 7) is 0.969. The van der Waals surface area contributed by atoms with E-state index in [-0.39, 0.29) is 33.8 Å². The van der Waals surface area contributed by atoms with Crippen molar-refractivity contribution in [1.82, 2.24) is 25.1 Å². The van der Waals surface area contributed by atoms with E-state index in [4.69, 9.17) is 4.52 Å². The van der Waals surface area contributed by atoms with Crippen molar-refractivity contribution >= 4 is 38.4 Å². The highest BCUT2D eigenvalue weighted by Crippen LogP contribution is 2.35. The Balaban J connectivity index is 1.32. The van der Waals surface area contributed by atoms with E-state index in [0.717, 1.165) is 24.7 Å². The largest absolute Gasteiger partial charge is 0.419 e. The third-order valence-electron chi connectivity index (χ3n) is 6.03. The monoisotopic (exact) mass is 537 g/mol. The number of benzene rings is 1. The lowest BCUT2D eigenvalue weighted by Gasteiger charge is -2.31. The van der Waals surface area contributed by atoms with Gasteiger partial charge in [-0.3, -0.25) is 0 Å². The van der Waals surface area contributed by atoms with E-state index in [2.05, 4.69) is 30.4 Å². The van der Waals surface area contributed by atoms with E-state index in [0.29, 0.717) is 37.1 Å². The van der Waals surface area contributed by atoms with E-state index >= 15 is 0 Å². The molecule has 3 aromatic heterocycles. The molecule has 5 rings (SSSR count). The Hall–Kier alpha value is -3.88. The topological polar surface area (TPSA) is 127 Å². The summed E-state index contributed by atoms with van der Waals surface area (Å²) in [5.74, 6) is -0.465. The lowest BCUT2D eigenvalue weighted by atomic mass is 9.93. The van der Waals surface area contributed by atoms with E-state index in [9.17, 15) is 26.0 Å². The molecule has 0 unspecified atom stereocenters. The predicted octanol–water partition coefficient (Wildman–Crippen LogP) is 4.10. The molecule has 1 aliphatic rings. The van der Waals surface area contributed by atoms with Gasteiger partial charge in [-0.15, -0.1) is 0 Å². The third kappa shape index (κ3) is 5.03. The number of hydrogen-bond donors (Lipinski definition) is 1. The van der Waals surface area contributed by atoms with Gasteiger partial charge < -0.3 is 14.7 Å². The first-order valence-corrected chi connectivity index (χ1v) is 12.9. The van der Waals surface area contributed by atoms with Gasteiger partial charge in [-0.05, 0) is 31.0 Å². The van der Waals surface area contributed by atoms with Gasteiger partial charge in [-0.25, -0.2) is 32.7 Å². The lowest BCUT2D eigenvalue weighted by molar-refractivity contribution is -0.138. The second-order valence-electron chi connectivity index (χ2n) is 8.54. The summed E-state index contributed by atoms with van der Waals surface area (Å²) in [6.07, 6.45) is 0.492. The maximum atomic E-state index is 14.5. The molecule has 0 spiro atoms. The van der Waals surface area contributed by atoms with Crippen LogP contribution in [0.5, 0.6) is 0 Å². The summed E-state index contributed by atoms with van der Waals surface area (Å²) in [7, 11) is -3.57. The molecule has 4 heterocycles. The smallest absolute Gasteiger partial charge is 0.350 e. The van der Waals surface area contributed by atoms with E-state index in [1.807, 2.05) is 0 Å². The molecule has 4 aromatic rings. The molecule has 0 radical (unpaired) electrons. The highest BCUT2D eigenvalue weighted by molar-refractivity contribution is 7.90. The Morgan fingerprint density at radius 2 is 1.78 bits per heavy atom. The minimum atomic E-state index is -4.50. The number of fused-ring (bicyclic) bond motifs is 1. The van der Waals surface area contributed by atoms with Crippen LogP contribution in [0.2, 0.25) is 0 Å². The molecule has 0 atom stereocenters. The van der Waals surface area contributed by atoms with Gasteiger partial charge in [0.1, 0.15) is 23.4 Å². The summed E-state index contributed by atoms with van der Waals surface area (Å²) in [5.41, 5.74) is 0.319. The second kappa shape index (κ2) is 9.21. The SMILES string of the molecule is CS(=O)(=O)c1ccc(Nc2ncnc3c(C4CCN(c5ncc(C(F)(F)F)cn5)CC4)noc23)c(F)c1. The minimum Gasteiger partial charge on any atom is -0.350 e. The minimum absolute atomic E-state index is 0.00444. The first kappa shape index (κ1) is 24.8. The van der Waals surface area contributed by atoms with Crippen molar-refractivity contribution in [2.75, 3.05) is 29.6 Å². The van der Waals surface area contributed by atoms with Gasteiger partial charge in [0.15, 0.2) is 15.7 Å². The molecule has 0 amide bonds. The van der Waals surface area contributed by atoms with Crippen LogP contribution in [-0.4, -0.2) is 52.9 Å². The fourth-order valence-electron chi connectivity index (χ4n) is 4.08. The Bertz CT molecular complexity index is 1550. The van der Waals surface area contributed by atoms with Crippen LogP contribution in [0.3, 0.4) is 0 Å². The number of hydrogen-bond acceptors (Lipinski definition) is 10. The number of nitrogens with zero attached hydrogens (tertiary/aromatic N) is 6. The second-order valence-corrected chi connectivity index (χ2v) is 10.6. The first-order chi connectivity index (χ1) is 17.5. The summed E-state index contributed by atoms with van der Waals surface area (Å²) >= 11 is 0. The van der Waals surface area contributed by atoms with Gasteiger partial charge in [-0.1, -0.05) is 5.16 Å². The van der Waals surface area contributed by atoms with Gasteiger partial charge in [0.25, 0.3) is 0 Å². The van der Waals surface area contributed by atoms with Crippen molar-refractivity contribution < 1.29 is 30.5 Å². The van der Waals surface area contributed by atoms with Crippen LogP contribution < -0.4 is 10.2 Å². The molecule has 194 valence electrons. The average molecular weight is 537 g/mol. The quantitative estimate of drug-likeness (QED) is 0.372. The van der Waals surface area contributed by atoms with Gasteiger partial charge in [0, 0.05) is 37.7 Å². The lowest BCUT2D eigenvalue weighted by Crippen LogP contribution is -2.34. The van der Waals surface area contributed by atoms with Crippen LogP contribution in [0.15, 0.2) is 46.3 Å². The first-order valence-electron chi connectivity index (χ1n) is 11.0.